The number of pyridine rings is 1. The number of anilines is 1. The van der Waals surface area contributed by atoms with E-state index in [4.69, 9.17) is 0 Å². The van der Waals surface area contributed by atoms with Crippen molar-refractivity contribution in [2.24, 2.45) is 0 Å². The van der Waals surface area contributed by atoms with E-state index in [-0.39, 0.29) is 5.75 Å². The van der Waals surface area contributed by atoms with Gasteiger partial charge in [-0.25, -0.2) is 0 Å². The Morgan fingerprint density at radius 3 is 2.94 bits per heavy atom. The minimum absolute atomic E-state index is 0.279. The fraction of sp³-hybridized carbons (Fsp3) is 0.154. The maximum atomic E-state index is 9.84. The molecular formula is C13H13BrN2O. The molecule has 1 aromatic carbocycles. The van der Waals surface area contributed by atoms with Crippen LogP contribution >= 0.6 is 15.9 Å². The van der Waals surface area contributed by atoms with Crippen LogP contribution in [0.25, 0.3) is 0 Å². The first-order valence-electron chi connectivity index (χ1n) is 5.29. The van der Waals surface area contributed by atoms with Crippen LogP contribution in [0, 0.1) is 6.92 Å². The predicted molar refractivity (Wildman–Crippen MR) is 72.1 cm³/mol. The quantitative estimate of drug-likeness (QED) is 0.910. The lowest BCUT2D eigenvalue weighted by Crippen LogP contribution is -2.01. The molecule has 0 radical (unpaired) electrons. The Balaban J connectivity index is 2.13. The summed E-state index contributed by atoms with van der Waals surface area (Å²) in [5.41, 5.74) is 2.96. The molecular weight excluding hydrogens is 280 g/mol. The topological polar surface area (TPSA) is 45.2 Å². The van der Waals surface area contributed by atoms with E-state index >= 15 is 0 Å². The van der Waals surface area contributed by atoms with Gasteiger partial charge in [0.2, 0.25) is 0 Å². The van der Waals surface area contributed by atoms with Crippen LogP contribution in [0.15, 0.2) is 41.1 Å². The van der Waals surface area contributed by atoms with Crippen molar-refractivity contribution in [1.29, 1.82) is 0 Å². The normalized spacial score (nSPS) is 10.2. The van der Waals surface area contributed by atoms with Gasteiger partial charge in [-0.1, -0.05) is 12.1 Å². The molecule has 2 aromatic rings. The maximum Gasteiger partial charge on any atom is 0.134 e. The molecule has 2 N–H and O–H groups in total. The van der Waals surface area contributed by atoms with Crippen molar-refractivity contribution >= 4 is 21.6 Å². The number of aromatic hydroxyl groups is 1. The Labute approximate surface area is 109 Å². The van der Waals surface area contributed by atoms with Gasteiger partial charge in [0.15, 0.2) is 0 Å². The molecule has 0 bridgehead atoms. The average molecular weight is 293 g/mol. The van der Waals surface area contributed by atoms with Gasteiger partial charge in [0.1, 0.15) is 5.75 Å². The van der Waals surface area contributed by atoms with Gasteiger partial charge < -0.3 is 10.4 Å². The van der Waals surface area contributed by atoms with Gasteiger partial charge in [-0.3, -0.25) is 4.98 Å². The highest BCUT2D eigenvalue weighted by Crippen LogP contribution is 2.28. The third-order valence-corrected chi connectivity index (χ3v) is 3.22. The van der Waals surface area contributed by atoms with E-state index in [1.165, 1.54) is 0 Å². The molecule has 2 rings (SSSR count). The number of hydrogen-bond acceptors (Lipinski definition) is 3. The molecule has 0 atom stereocenters. The standard InChI is InChI=1S/C13H13BrN2O/c1-9-5-6-15-8-12(9)16-7-10-3-2-4-11(14)13(10)17/h2-6,8,16-17H,7H2,1H3. The van der Waals surface area contributed by atoms with Crippen molar-refractivity contribution in [2.45, 2.75) is 13.5 Å². The molecule has 0 aliphatic rings. The molecule has 4 heteroatoms. The van der Waals surface area contributed by atoms with Gasteiger partial charge in [-0.15, -0.1) is 0 Å². The molecule has 0 saturated heterocycles. The summed E-state index contributed by atoms with van der Waals surface area (Å²) in [7, 11) is 0. The van der Waals surface area contributed by atoms with Gasteiger partial charge in [0.25, 0.3) is 0 Å². The number of nitrogens with one attached hydrogen (secondary N) is 1. The summed E-state index contributed by atoms with van der Waals surface area (Å²) < 4.78 is 0.708. The Kier molecular flexibility index (Phi) is 3.64. The summed E-state index contributed by atoms with van der Waals surface area (Å²) in [5, 5.41) is 13.1. The second-order valence-electron chi connectivity index (χ2n) is 3.79. The first-order valence-corrected chi connectivity index (χ1v) is 6.08. The lowest BCUT2D eigenvalue weighted by atomic mass is 10.2. The van der Waals surface area contributed by atoms with E-state index in [0.29, 0.717) is 11.0 Å². The molecule has 0 spiro atoms. The number of benzene rings is 1. The molecule has 88 valence electrons. The largest absolute Gasteiger partial charge is 0.506 e. The van der Waals surface area contributed by atoms with E-state index in [1.807, 2.05) is 31.2 Å². The lowest BCUT2D eigenvalue weighted by molar-refractivity contribution is 0.465. The molecule has 0 saturated carbocycles. The third-order valence-electron chi connectivity index (χ3n) is 2.58. The van der Waals surface area contributed by atoms with Crippen LogP contribution in [0.5, 0.6) is 5.75 Å². The molecule has 0 fully saturated rings. The van der Waals surface area contributed by atoms with Gasteiger partial charge in [0, 0.05) is 18.3 Å². The number of phenols is 1. The van der Waals surface area contributed by atoms with E-state index in [2.05, 4.69) is 26.2 Å². The van der Waals surface area contributed by atoms with Gasteiger partial charge in [-0.05, 0) is 40.5 Å². The van der Waals surface area contributed by atoms with Crippen molar-refractivity contribution in [3.8, 4) is 5.75 Å². The molecule has 1 heterocycles. The van der Waals surface area contributed by atoms with Crippen molar-refractivity contribution < 1.29 is 5.11 Å². The minimum Gasteiger partial charge on any atom is -0.506 e. The monoisotopic (exact) mass is 292 g/mol. The molecule has 0 unspecified atom stereocenters. The van der Waals surface area contributed by atoms with Crippen LogP contribution in [0.3, 0.4) is 0 Å². The van der Waals surface area contributed by atoms with Gasteiger partial charge in [-0.2, -0.15) is 0 Å². The van der Waals surface area contributed by atoms with Crippen molar-refractivity contribution in [2.75, 3.05) is 5.32 Å². The van der Waals surface area contributed by atoms with Crippen molar-refractivity contribution in [3.63, 3.8) is 0 Å². The number of para-hydroxylation sites is 1. The Morgan fingerprint density at radius 1 is 1.35 bits per heavy atom. The van der Waals surface area contributed by atoms with Crippen LogP contribution in [-0.2, 0) is 6.54 Å². The molecule has 0 amide bonds. The highest BCUT2D eigenvalue weighted by atomic mass is 79.9. The lowest BCUT2D eigenvalue weighted by Gasteiger charge is -2.10. The zero-order chi connectivity index (χ0) is 12.3. The average Bonchev–Trinajstić information content (AvgIpc) is 2.33. The number of phenolic OH excluding ortho intramolecular Hbond substituents is 1. The third kappa shape index (κ3) is 2.77. The molecule has 17 heavy (non-hydrogen) atoms. The second kappa shape index (κ2) is 5.19. The summed E-state index contributed by atoms with van der Waals surface area (Å²) in [6.45, 7) is 2.59. The highest BCUT2D eigenvalue weighted by molar-refractivity contribution is 9.10. The number of aromatic nitrogens is 1. The maximum absolute atomic E-state index is 9.84. The molecule has 1 aromatic heterocycles. The Morgan fingerprint density at radius 2 is 2.18 bits per heavy atom. The number of hydrogen-bond donors (Lipinski definition) is 2. The van der Waals surface area contributed by atoms with E-state index in [1.54, 1.807) is 12.4 Å². The SMILES string of the molecule is Cc1ccncc1NCc1cccc(Br)c1O. The smallest absolute Gasteiger partial charge is 0.134 e. The van der Waals surface area contributed by atoms with E-state index in [0.717, 1.165) is 16.8 Å². The summed E-state index contributed by atoms with van der Waals surface area (Å²) in [5.74, 6) is 0.279. The molecule has 0 aliphatic heterocycles. The fourth-order valence-corrected chi connectivity index (χ4v) is 1.95. The minimum atomic E-state index is 0.279. The predicted octanol–water partition coefficient (Wildman–Crippen LogP) is 3.47. The first-order chi connectivity index (χ1) is 8.18. The molecule has 0 aliphatic carbocycles. The highest BCUT2D eigenvalue weighted by Gasteiger charge is 2.05. The summed E-state index contributed by atoms with van der Waals surface area (Å²) in [6, 6.07) is 7.55. The second-order valence-corrected chi connectivity index (χ2v) is 4.65. The zero-order valence-corrected chi connectivity index (χ0v) is 11.0. The van der Waals surface area contributed by atoms with E-state index in [9.17, 15) is 5.11 Å². The summed E-state index contributed by atoms with van der Waals surface area (Å²) in [4.78, 5) is 4.06. The van der Waals surface area contributed by atoms with E-state index < -0.39 is 0 Å². The Hall–Kier alpha value is -1.55. The van der Waals surface area contributed by atoms with Crippen molar-refractivity contribution in [3.05, 3.63) is 52.3 Å². The first kappa shape index (κ1) is 11.9. The van der Waals surface area contributed by atoms with Crippen LogP contribution < -0.4 is 5.32 Å². The van der Waals surface area contributed by atoms with Crippen molar-refractivity contribution in [1.82, 2.24) is 4.98 Å². The summed E-state index contributed by atoms with van der Waals surface area (Å²) in [6.07, 6.45) is 3.54. The number of nitrogens with zero attached hydrogens (tertiary/aromatic N) is 1. The fourth-order valence-electron chi connectivity index (χ4n) is 1.54. The van der Waals surface area contributed by atoms with Gasteiger partial charge in [0.05, 0.1) is 16.4 Å². The van der Waals surface area contributed by atoms with Crippen LogP contribution in [-0.4, -0.2) is 10.1 Å². The molecule has 3 nitrogen and oxygen atoms in total. The van der Waals surface area contributed by atoms with Crippen LogP contribution in [0.1, 0.15) is 11.1 Å². The van der Waals surface area contributed by atoms with Gasteiger partial charge >= 0.3 is 0 Å². The number of halogens is 1. The van der Waals surface area contributed by atoms with Crippen LogP contribution in [0.2, 0.25) is 0 Å². The zero-order valence-electron chi connectivity index (χ0n) is 9.44. The number of rotatable bonds is 3. The Bertz CT molecular complexity index is 529. The summed E-state index contributed by atoms with van der Waals surface area (Å²) >= 11 is 3.30. The number of aryl methyl sites for hydroxylation is 1. The van der Waals surface area contributed by atoms with Crippen LogP contribution in [0.4, 0.5) is 5.69 Å².